The Morgan fingerprint density at radius 2 is 2.11 bits per heavy atom. The predicted octanol–water partition coefficient (Wildman–Crippen LogP) is 1.47. The van der Waals surface area contributed by atoms with Gasteiger partial charge in [-0.3, -0.25) is 0 Å². The van der Waals surface area contributed by atoms with Crippen LogP contribution in [0.25, 0.3) is 0 Å². The molecule has 98 valence electrons. The van der Waals surface area contributed by atoms with Crippen LogP contribution in [0.5, 0.6) is 0 Å². The molecule has 0 atom stereocenters. The van der Waals surface area contributed by atoms with Crippen LogP contribution in [0, 0.1) is 6.92 Å². The molecule has 2 rings (SSSR count). The minimum Gasteiger partial charge on any atom is -0.346 e. The first-order chi connectivity index (χ1) is 8.56. The second-order valence-electron chi connectivity index (χ2n) is 4.95. The van der Waals surface area contributed by atoms with Gasteiger partial charge in [-0.1, -0.05) is 13.8 Å². The monoisotopic (exact) mass is 247 g/mol. The molecule has 1 N–H and O–H groups in total. The lowest BCUT2D eigenvalue weighted by atomic mass is 10.3. The summed E-state index contributed by atoms with van der Waals surface area (Å²) in [4.78, 5) is 0. The molecule has 2 aromatic heterocycles. The highest BCUT2D eigenvalue weighted by molar-refractivity contribution is 5.11. The summed E-state index contributed by atoms with van der Waals surface area (Å²) in [5.74, 6) is 1.92. The number of nitrogens with zero attached hydrogens (tertiary/aromatic N) is 4. The van der Waals surface area contributed by atoms with E-state index in [0.29, 0.717) is 6.04 Å². The maximum Gasteiger partial charge on any atom is 0.152 e. The van der Waals surface area contributed by atoms with Crippen LogP contribution < -0.4 is 5.32 Å². The normalized spacial score (nSPS) is 11.4. The molecule has 0 saturated heterocycles. The zero-order valence-electron chi connectivity index (χ0n) is 11.5. The molecule has 0 radical (unpaired) electrons. The lowest BCUT2D eigenvalue weighted by Gasteiger charge is -2.06. The van der Waals surface area contributed by atoms with Crippen molar-refractivity contribution in [2.24, 2.45) is 7.05 Å². The minimum atomic E-state index is 0.509. The van der Waals surface area contributed by atoms with Crippen LogP contribution in [0.4, 0.5) is 0 Å². The number of aromatic nitrogens is 4. The van der Waals surface area contributed by atoms with Gasteiger partial charge in [0.2, 0.25) is 0 Å². The van der Waals surface area contributed by atoms with E-state index in [0.717, 1.165) is 24.7 Å². The summed E-state index contributed by atoms with van der Waals surface area (Å²) in [5.41, 5.74) is 1.29. The van der Waals surface area contributed by atoms with Gasteiger partial charge in [0.15, 0.2) is 5.82 Å². The summed E-state index contributed by atoms with van der Waals surface area (Å²) in [5, 5.41) is 11.6. The maximum atomic E-state index is 4.17. The largest absolute Gasteiger partial charge is 0.346 e. The van der Waals surface area contributed by atoms with Crippen molar-refractivity contribution in [3.8, 4) is 0 Å². The van der Waals surface area contributed by atoms with Gasteiger partial charge in [0.1, 0.15) is 5.82 Å². The van der Waals surface area contributed by atoms with E-state index in [4.69, 9.17) is 0 Å². The number of hydrogen-bond donors (Lipinski definition) is 1. The number of nitrogens with one attached hydrogen (secondary N) is 1. The quantitative estimate of drug-likeness (QED) is 0.870. The third-order valence-corrected chi connectivity index (χ3v) is 3.03. The Morgan fingerprint density at radius 1 is 1.33 bits per heavy atom. The third kappa shape index (κ3) is 2.98. The Balaban J connectivity index is 2.00. The van der Waals surface area contributed by atoms with E-state index in [-0.39, 0.29) is 0 Å². The first-order valence-corrected chi connectivity index (χ1v) is 6.29. The van der Waals surface area contributed by atoms with Crippen molar-refractivity contribution in [2.75, 3.05) is 0 Å². The van der Waals surface area contributed by atoms with Crippen LogP contribution in [0.3, 0.4) is 0 Å². The first kappa shape index (κ1) is 12.8. The van der Waals surface area contributed by atoms with Gasteiger partial charge in [-0.15, -0.1) is 10.2 Å². The molecule has 0 saturated carbocycles. The van der Waals surface area contributed by atoms with Crippen molar-refractivity contribution >= 4 is 0 Å². The molecule has 18 heavy (non-hydrogen) atoms. The lowest BCUT2D eigenvalue weighted by molar-refractivity contribution is 0.587. The Hall–Kier alpha value is -1.62. The molecule has 5 nitrogen and oxygen atoms in total. The van der Waals surface area contributed by atoms with Crippen LogP contribution in [0.1, 0.15) is 31.1 Å². The van der Waals surface area contributed by atoms with Crippen molar-refractivity contribution in [2.45, 2.75) is 39.9 Å². The molecule has 5 heteroatoms. The fourth-order valence-electron chi connectivity index (χ4n) is 1.77. The molecular formula is C13H21N5. The molecule has 0 aromatic carbocycles. The van der Waals surface area contributed by atoms with E-state index in [9.17, 15) is 0 Å². The van der Waals surface area contributed by atoms with Gasteiger partial charge < -0.3 is 14.5 Å². The molecule has 0 spiro atoms. The Bertz CT molecular complexity index is 509. The highest BCUT2D eigenvalue weighted by atomic mass is 15.3. The highest BCUT2D eigenvalue weighted by Crippen LogP contribution is 2.05. The second-order valence-corrected chi connectivity index (χ2v) is 4.95. The van der Waals surface area contributed by atoms with Gasteiger partial charge in [0.25, 0.3) is 0 Å². The fourth-order valence-corrected chi connectivity index (χ4v) is 1.77. The van der Waals surface area contributed by atoms with Crippen molar-refractivity contribution in [1.82, 2.24) is 24.6 Å². The molecule has 0 aliphatic heterocycles. The van der Waals surface area contributed by atoms with E-state index >= 15 is 0 Å². The number of aryl methyl sites for hydroxylation is 1. The standard InChI is InChI=1S/C13H21N5/c1-10(2)14-7-12-5-6-18(8-12)9-13-16-15-11(3)17(13)4/h5-6,8,10,14H,7,9H2,1-4H3. The van der Waals surface area contributed by atoms with Crippen molar-refractivity contribution in [1.29, 1.82) is 0 Å². The maximum absolute atomic E-state index is 4.17. The Kier molecular flexibility index (Phi) is 3.81. The molecule has 0 amide bonds. The highest BCUT2D eigenvalue weighted by Gasteiger charge is 2.06. The number of hydrogen-bond acceptors (Lipinski definition) is 3. The molecule has 2 heterocycles. The van der Waals surface area contributed by atoms with Crippen molar-refractivity contribution in [3.63, 3.8) is 0 Å². The SMILES string of the molecule is Cc1nnc(Cn2ccc(CNC(C)C)c2)n1C. The summed E-state index contributed by atoms with van der Waals surface area (Å²) in [6.45, 7) is 7.93. The zero-order chi connectivity index (χ0) is 13.1. The molecule has 0 fully saturated rings. The first-order valence-electron chi connectivity index (χ1n) is 6.29. The van der Waals surface area contributed by atoms with E-state index in [1.807, 2.05) is 18.5 Å². The number of rotatable bonds is 5. The van der Waals surface area contributed by atoms with Gasteiger partial charge in [-0.2, -0.15) is 0 Å². The summed E-state index contributed by atoms with van der Waals surface area (Å²) in [7, 11) is 2.00. The van der Waals surface area contributed by atoms with Crippen molar-refractivity contribution < 1.29 is 0 Å². The predicted molar refractivity (Wildman–Crippen MR) is 71.2 cm³/mol. The average Bonchev–Trinajstić information content (AvgIpc) is 2.89. The van der Waals surface area contributed by atoms with Crippen molar-refractivity contribution in [3.05, 3.63) is 35.7 Å². The summed E-state index contributed by atoms with van der Waals surface area (Å²) in [6, 6.07) is 2.65. The van der Waals surface area contributed by atoms with Gasteiger partial charge in [0.05, 0.1) is 6.54 Å². The Morgan fingerprint density at radius 3 is 2.72 bits per heavy atom. The molecule has 0 aliphatic carbocycles. The van der Waals surface area contributed by atoms with Crippen LogP contribution in [0.2, 0.25) is 0 Å². The average molecular weight is 247 g/mol. The summed E-state index contributed by atoms with van der Waals surface area (Å²) >= 11 is 0. The topological polar surface area (TPSA) is 47.7 Å². The summed E-state index contributed by atoms with van der Waals surface area (Å²) in [6.07, 6.45) is 4.24. The van der Waals surface area contributed by atoms with Crippen LogP contribution in [-0.4, -0.2) is 25.4 Å². The van der Waals surface area contributed by atoms with Gasteiger partial charge in [0, 0.05) is 32.0 Å². The van der Waals surface area contributed by atoms with E-state index in [1.165, 1.54) is 5.56 Å². The van der Waals surface area contributed by atoms with Gasteiger partial charge in [-0.25, -0.2) is 0 Å². The molecular weight excluding hydrogens is 226 g/mol. The molecule has 2 aromatic rings. The lowest BCUT2D eigenvalue weighted by Crippen LogP contribution is -2.21. The summed E-state index contributed by atoms with van der Waals surface area (Å²) < 4.78 is 4.16. The van der Waals surface area contributed by atoms with Crippen LogP contribution >= 0.6 is 0 Å². The van der Waals surface area contributed by atoms with Gasteiger partial charge in [-0.05, 0) is 18.6 Å². The van der Waals surface area contributed by atoms with Crippen LogP contribution in [0.15, 0.2) is 18.5 Å². The second kappa shape index (κ2) is 5.35. The van der Waals surface area contributed by atoms with Crippen LogP contribution in [-0.2, 0) is 20.1 Å². The smallest absolute Gasteiger partial charge is 0.152 e. The molecule has 0 bridgehead atoms. The molecule has 0 unspecified atom stereocenters. The zero-order valence-corrected chi connectivity index (χ0v) is 11.5. The van der Waals surface area contributed by atoms with E-state index < -0.39 is 0 Å². The Labute approximate surface area is 108 Å². The van der Waals surface area contributed by atoms with Gasteiger partial charge >= 0.3 is 0 Å². The third-order valence-electron chi connectivity index (χ3n) is 3.03. The van der Waals surface area contributed by atoms with E-state index in [1.54, 1.807) is 0 Å². The van der Waals surface area contributed by atoms with E-state index in [2.05, 4.69) is 52.4 Å². The minimum absolute atomic E-state index is 0.509. The fraction of sp³-hybridized carbons (Fsp3) is 0.538. The molecule has 0 aliphatic rings.